The summed E-state index contributed by atoms with van der Waals surface area (Å²) in [5, 5.41) is 0. The first kappa shape index (κ1) is 13.2. The van der Waals surface area contributed by atoms with E-state index in [0.29, 0.717) is 12.5 Å². The van der Waals surface area contributed by atoms with Gasteiger partial charge in [-0.05, 0) is 17.7 Å². The highest BCUT2D eigenvalue weighted by molar-refractivity contribution is 5.75. The van der Waals surface area contributed by atoms with Crippen molar-refractivity contribution in [3.8, 4) is 17.0 Å². The van der Waals surface area contributed by atoms with Crippen molar-refractivity contribution < 1.29 is 4.74 Å². The summed E-state index contributed by atoms with van der Waals surface area (Å²) in [7, 11) is 0. The summed E-state index contributed by atoms with van der Waals surface area (Å²) in [6.07, 6.45) is 1.78. The minimum Gasteiger partial charge on any atom is -0.473 e. The molecule has 1 heterocycles. The van der Waals surface area contributed by atoms with Crippen LogP contribution in [0.5, 0.6) is 5.88 Å². The normalized spacial score (nSPS) is 10.3. The Hall–Kier alpha value is -2.81. The van der Waals surface area contributed by atoms with Crippen molar-refractivity contribution in [3.05, 3.63) is 78.5 Å². The number of nitrogen functional groups attached to an aromatic ring is 1. The molecule has 2 N–H and O–H groups in total. The molecular formula is C18H16N2O. The second kappa shape index (κ2) is 6.09. The van der Waals surface area contributed by atoms with E-state index in [1.807, 2.05) is 66.7 Å². The number of benzene rings is 2. The zero-order valence-corrected chi connectivity index (χ0v) is 11.6. The molecule has 1 aromatic heterocycles. The van der Waals surface area contributed by atoms with Gasteiger partial charge >= 0.3 is 0 Å². The molecule has 0 fully saturated rings. The van der Waals surface area contributed by atoms with Gasteiger partial charge in [0, 0.05) is 29.1 Å². The molecule has 0 aliphatic rings. The SMILES string of the molecule is Nc1ccccc1-c1ccc(OCc2ccccc2)nc1. The fraction of sp³-hybridized carbons (Fsp3) is 0.0556. The van der Waals surface area contributed by atoms with E-state index in [0.717, 1.165) is 22.4 Å². The molecule has 0 aliphatic carbocycles. The smallest absolute Gasteiger partial charge is 0.213 e. The lowest BCUT2D eigenvalue weighted by Crippen LogP contribution is -1.97. The molecule has 21 heavy (non-hydrogen) atoms. The van der Waals surface area contributed by atoms with E-state index in [1.54, 1.807) is 6.20 Å². The van der Waals surface area contributed by atoms with E-state index in [1.165, 1.54) is 0 Å². The summed E-state index contributed by atoms with van der Waals surface area (Å²) in [6.45, 7) is 0.515. The zero-order valence-electron chi connectivity index (χ0n) is 11.6. The number of pyridine rings is 1. The molecular weight excluding hydrogens is 260 g/mol. The second-order valence-electron chi connectivity index (χ2n) is 4.75. The van der Waals surface area contributed by atoms with Crippen LogP contribution in [0.1, 0.15) is 5.56 Å². The quantitative estimate of drug-likeness (QED) is 0.735. The van der Waals surface area contributed by atoms with Crippen molar-refractivity contribution in [2.45, 2.75) is 6.61 Å². The Balaban J connectivity index is 1.71. The minimum atomic E-state index is 0.515. The van der Waals surface area contributed by atoms with Crippen LogP contribution in [0.2, 0.25) is 0 Å². The number of nitrogens with zero attached hydrogens (tertiary/aromatic N) is 1. The maximum Gasteiger partial charge on any atom is 0.213 e. The van der Waals surface area contributed by atoms with E-state index in [2.05, 4.69) is 4.98 Å². The van der Waals surface area contributed by atoms with Gasteiger partial charge in [-0.15, -0.1) is 0 Å². The van der Waals surface area contributed by atoms with Crippen molar-refractivity contribution in [2.24, 2.45) is 0 Å². The van der Waals surface area contributed by atoms with Crippen molar-refractivity contribution in [2.75, 3.05) is 5.73 Å². The molecule has 0 radical (unpaired) electrons. The van der Waals surface area contributed by atoms with Crippen LogP contribution in [0.15, 0.2) is 72.9 Å². The Morgan fingerprint density at radius 2 is 1.62 bits per heavy atom. The molecule has 3 rings (SSSR count). The number of hydrogen-bond acceptors (Lipinski definition) is 3. The van der Waals surface area contributed by atoms with E-state index < -0.39 is 0 Å². The fourth-order valence-electron chi connectivity index (χ4n) is 2.12. The summed E-state index contributed by atoms with van der Waals surface area (Å²) < 4.78 is 5.67. The molecule has 3 aromatic rings. The van der Waals surface area contributed by atoms with Gasteiger partial charge in [0.25, 0.3) is 0 Å². The highest BCUT2D eigenvalue weighted by Gasteiger charge is 2.03. The van der Waals surface area contributed by atoms with Crippen LogP contribution in [0.4, 0.5) is 5.69 Å². The third-order valence-electron chi connectivity index (χ3n) is 3.24. The first-order valence-corrected chi connectivity index (χ1v) is 6.80. The molecule has 0 amide bonds. The largest absolute Gasteiger partial charge is 0.473 e. The molecule has 0 spiro atoms. The van der Waals surface area contributed by atoms with Gasteiger partial charge in [0.1, 0.15) is 6.61 Å². The van der Waals surface area contributed by atoms with Crippen LogP contribution in [-0.2, 0) is 6.61 Å². The molecule has 0 unspecified atom stereocenters. The van der Waals surface area contributed by atoms with Crippen LogP contribution in [-0.4, -0.2) is 4.98 Å². The number of aromatic nitrogens is 1. The van der Waals surface area contributed by atoms with Crippen molar-refractivity contribution in [3.63, 3.8) is 0 Å². The van der Waals surface area contributed by atoms with Gasteiger partial charge in [0.2, 0.25) is 5.88 Å². The first-order valence-electron chi connectivity index (χ1n) is 6.80. The Morgan fingerprint density at radius 3 is 2.33 bits per heavy atom. The summed E-state index contributed by atoms with van der Waals surface area (Å²) >= 11 is 0. The van der Waals surface area contributed by atoms with E-state index in [4.69, 9.17) is 10.5 Å². The van der Waals surface area contributed by atoms with Crippen LogP contribution < -0.4 is 10.5 Å². The standard InChI is InChI=1S/C18H16N2O/c19-17-9-5-4-8-16(17)15-10-11-18(20-12-15)21-13-14-6-2-1-3-7-14/h1-12H,13,19H2. The zero-order chi connectivity index (χ0) is 14.5. The third-order valence-corrected chi connectivity index (χ3v) is 3.24. The molecule has 0 aliphatic heterocycles. The summed E-state index contributed by atoms with van der Waals surface area (Å²) in [5.74, 6) is 0.608. The number of para-hydroxylation sites is 1. The summed E-state index contributed by atoms with van der Waals surface area (Å²) in [5.41, 5.74) is 9.81. The monoisotopic (exact) mass is 276 g/mol. The van der Waals surface area contributed by atoms with Crippen molar-refractivity contribution in [1.29, 1.82) is 0 Å². The molecule has 0 bridgehead atoms. The number of hydrogen-bond donors (Lipinski definition) is 1. The average Bonchev–Trinajstić information content (AvgIpc) is 2.55. The predicted molar refractivity (Wildman–Crippen MR) is 84.9 cm³/mol. The highest BCUT2D eigenvalue weighted by atomic mass is 16.5. The lowest BCUT2D eigenvalue weighted by molar-refractivity contribution is 0.294. The van der Waals surface area contributed by atoms with Gasteiger partial charge < -0.3 is 10.5 Å². The number of anilines is 1. The Kier molecular flexibility index (Phi) is 3.83. The molecule has 0 saturated heterocycles. The van der Waals surface area contributed by atoms with Crippen LogP contribution in [0.3, 0.4) is 0 Å². The highest BCUT2D eigenvalue weighted by Crippen LogP contribution is 2.25. The molecule has 2 aromatic carbocycles. The molecule has 104 valence electrons. The van der Waals surface area contributed by atoms with Crippen molar-refractivity contribution in [1.82, 2.24) is 4.98 Å². The first-order chi connectivity index (χ1) is 10.3. The van der Waals surface area contributed by atoms with Gasteiger partial charge in [0.15, 0.2) is 0 Å². The summed E-state index contributed by atoms with van der Waals surface area (Å²) in [4.78, 5) is 4.33. The Bertz CT molecular complexity index is 709. The van der Waals surface area contributed by atoms with E-state index in [-0.39, 0.29) is 0 Å². The predicted octanol–water partition coefficient (Wildman–Crippen LogP) is 3.91. The second-order valence-corrected chi connectivity index (χ2v) is 4.75. The van der Waals surface area contributed by atoms with E-state index >= 15 is 0 Å². The average molecular weight is 276 g/mol. The number of rotatable bonds is 4. The number of ether oxygens (including phenoxy) is 1. The summed E-state index contributed by atoms with van der Waals surface area (Å²) in [6, 6.07) is 21.6. The maximum atomic E-state index is 5.97. The number of nitrogens with two attached hydrogens (primary N) is 1. The van der Waals surface area contributed by atoms with Gasteiger partial charge in [0.05, 0.1) is 0 Å². The van der Waals surface area contributed by atoms with Crippen LogP contribution in [0, 0.1) is 0 Å². The van der Waals surface area contributed by atoms with Crippen LogP contribution >= 0.6 is 0 Å². The third kappa shape index (κ3) is 3.20. The molecule has 3 heteroatoms. The van der Waals surface area contributed by atoms with Crippen molar-refractivity contribution >= 4 is 5.69 Å². The minimum absolute atomic E-state index is 0.515. The van der Waals surface area contributed by atoms with E-state index in [9.17, 15) is 0 Å². The topological polar surface area (TPSA) is 48.1 Å². The molecule has 0 saturated carbocycles. The van der Waals surface area contributed by atoms with Gasteiger partial charge in [-0.1, -0.05) is 48.5 Å². The fourth-order valence-corrected chi connectivity index (χ4v) is 2.12. The molecule has 3 nitrogen and oxygen atoms in total. The van der Waals surface area contributed by atoms with Gasteiger partial charge in [-0.3, -0.25) is 0 Å². The Morgan fingerprint density at radius 1 is 0.857 bits per heavy atom. The maximum absolute atomic E-state index is 5.97. The molecule has 0 atom stereocenters. The van der Waals surface area contributed by atoms with Crippen LogP contribution in [0.25, 0.3) is 11.1 Å². The van der Waals surface area contributed by atoms with Gasteiger partial charge in [-0.2, -0.15) is 0 Å². The lowest BCUT2D eigenvalue weighted by atomic mass is 10.1. The lowest BCUT2D eigenvalue weighted by Gasteiger charge is -2.08. The Labute approximate surface area is 124 Å². The van der Waals surface area contributed by atoms with Gasteiger partial charge in [-0.25, -0.2) is 4.98 Å².